The summed E-state index contributed by atoms with van der Waals surface area (Å²) < 4.78 is 5.58. The van der Waals surface area contributed by atoms with Gasteiger partial charge in [-0.1, -0.05) is 210 Å². The Morgan fingerprint density at radius 2 is 1.08 bits per heavy atom. The molecule has 2 saturated carbocycles. The topological polar surface area (TPSA) is 86.9 Å². The summed E-state index contributed by atoms with van der Waals surface area (Å²) in [5.41, 5.74) is 9.80. The van der Waals surface area contributed by atoms with Crippen LogP contribution in [0.15, 0.2) is 179 Å². The number of aliphatic hydroxyl groups excluding tert-OH is 1. The Hall–Kier alpha value is -5.75. The molecule has 2 aliphatic rings. The van der Waals surface area contributed by atoms with Crippen molar-refractivity contribution in [3.8, 4) is 0 Å². The number of aliphatic imine (C=N–C) groups is 2. The van der Waals surface area contributed by atoms with Gasteiger partial charge in [-0.25, -0.2) is 4.79 Å². The first-order valence-corrected chi connectivity index (χ1v) is 26.9. The van der Waals surface area contributed by atoms with Crippen molar-refractivity contribution in [3.63, 3.8) is 0 Å². The van der Waals surface area contributed by atoms with E-state index in [1.54, 1.807) is 6.08 Å². The van der Waals surface area contributed by atoms with Crippen LogP contribution in [0, 0.1) is 6.92 Å². The highest BCUT2D eigenvalue weighted by atomic mass is 31.0. The Morgan fingerprint density at radius 3 is 1.45 bits per heavy atom. The first-order valence-electron chi connectivity index (χ1n) is 26.9. The number of nitrogens with zero attached hydrogens (tertiary/aromatic N) is 4. The Labute approximate surface area is 443 Å². The second-order valence-electron chi connectivity index (χ2n) is 20.0. The van der Waals surface area contributed by atoms with Gasteiger partial charge in [-0.2, -0.15) is 9.90 Å². The normalized spacial score (nSPS) is 14.7. The van der Waals surface area contributed by atoms with Crippen molar-refractivity contribution in [2.45, 2.75) is 162 Å². The molecule has 0 bridgehead atoms. The van der Waals surface area contributed by atoms with E-state index in [2.05, 4.69) is 85.8 Å². The molecule has 7 nitrogen and oxygen atoms in total. The van der Waals surface area contributed by atoms with Crippen LogP contribution in [-0.2, 0) is 16.0 Å². The van der Waals surface area contributed by atoms with Gasteiger partial charge in [-0.05, 0) is 85.6 Å². The smallest absolute Gasteiger partial charge is 0.331 e. The van der Waals surface area contributed by atoms with Crippen LogP contribution in [0.4, 0.5) is 5.69 Å². The maximum atomic E-state index is 12.6. The molecule has 0 aromatic heterocycles. The number of hydrogen-bond acceptors (Lipinski definition) is 7. The Kier molecular flexibility index (Phi) is 26.6. The van der Waals surface area contributed by atoms with Gasteiger partial charge in [-0.15, -0.1) is 6.58 Å². The van der Waals surface area contributed by atoms with Crippen molar-refractivity contribution in [2.24, 2.45) is 15.0 Å². The monoisotopic (exact) mass is 1000 g/mol. The second-order valence-corrected chi connectivity index (χ2v) is 20.0. The molecule has 2 fully saturated rings. The van der Waals surface area contributed by atoms with Gasteiger partial charge in [0.1, 0.15) is 11.6 Å². The highest BCUT2D eigenvalue weighted by molar-refractivity contribution is 6.92. The molecule has 0 saturated heterocycles. The Balaban J connectivity index is 0.000000237. The number of carbonyl (C=O) groups is 1. The molecule has 8 heteroatoms. The average Bonchev–Trinajstić information content (AvgIpc) is 4.04. The zero-order valence-electron chi connectivity index (χ0n) is 45.4. The fraction of sp³-hybridized carbons (Fsp3) is 0.415. The summed E-state index contributed by atoms with van der Waals surface area (Å²) in [6.07, 6.45) is 17.8. The summed E-state index contributed by atoms with van der Waals surface area (Å²) in [6.45, 7) is 18.2. The SMILES string of the molecule is C=CC.CCC[C@H](N=C(c1ccccc1)c1ccccc1)C(=O)OC(C)(C)C.CCN=C(c1ccccc1)c1ccccc1.Cc1c(N(C2CCCCC2)C2CCCCC2)c1=NC(CO)Cc1ccccc1.P. The molecule has 0 radical (unpaired) electrons. The third kappa shape index (κ3) is 19.9. The van der Waals surface area contributed by atoms with E-state index in [1.807, 2.05) is 131 Å². The lowest BCUT2D eigenvalue weighted by Gasteiger charge is -2.41. The van der Waals surface area contributed by atoms with E-state index in [0.717, 1.165) is 41.9 Å². The Morgan fingerprint density at radius 1 is 0.685 bits per heavy atom. The maximum Gasteiger partial charge on any atom is 0.331 e. The van der Waals surface area contributed by atoms with E-state index >= 15 is 0 Å². The molecule has 2 aliphatic carbocycles. The van der Waals surface area contributed by atoms with Crippen molar-refractivity contribution < 1.29 is 14.6 Å². The van der Waals surface area contributed by atoms with Gasteiger partial charge in [0.25, 0.3) is 0 Å². The highest BCUT2D eigenvalue weighted by Gasteiger charge is 2.35. The van der Waals surface area contributed by atoms with E-state index in [0.29, 0.717) is 18.5 Å². The number of aliphatic hydroxyl groups is 1. The summed E-state index contributed by atoms with van der Waals surface area (Å²) in [5, 5.41) is 11.1. The molecule has 1 N–H and O–H groups in total. The molecule has 390 valence electrons. The summed E-state index contributed by atoms with van der Waals surface area (Å²) in [7, 11) is 0. The van der Waals surface area contributed by atoms with E-state index in [4.69, 9.17) is 14.7 Å². The minimum Gasteiger partial charge on any atom is -0.458 e. The fourth-order valence-electron chi connectivity index (χ4n) is 9.57. The molecule has 0 amide bonds. The number of anilines is 1. The third-order valence-electron chi connectivity index (χ3n) is 12.9. The predicted molar refractivity (Wildman–Crippen MR) is 315 cm³/mol. The molecule has 2 unspecified atom stereocenters. The van der Waals surface area contributed by atoms with E-state index in [1.165, 1.54) is 97.5 Å². The van der Waals surface area contributed by atoms with Crippen molar-refractivity contribution >= 4 is 33.0 Å². The molecule has 6 aromatic carbocycles. The van der Waals surface area contributed by atoms with Gasteiger partial charge in [0.2, 0.25) is 0 Å². The van der Waals surface area contributed by atoms with Crippen LogP contribution < -0.4 is 10.3 Å². The van der Waals surface area contributed by atoms with Crippen LogP contribution in [0.25, 0.3) is 0 Å². The van der Waals surface area contributed by atoms with E-state index in [9.17, 15) is 9.90 Å². The van der Waals surface area contributed by atoms with Crippen LogP contribution in [0.3, 0.4) is 0 Å². The van der Waals surface area contributed by atoms with Crippen molar-refractivity contribution in [1.29, 1.82) is 0 Å². The molecule has 6 aromatic rings. The minimum absolute atomic E-state index is 0. The van der Waals surface area contributed by atoms with Crippen LogP contribution in [0.5, 0.6) is 0 Å². The Bertz CT molecular complexity index is 2420. The molecule has 8 rings (SSSR count). The fourth-order valence-corrected chi connectivity index (χ4v) is 9.57. The van der Waals surface area contributed by atoms with Crippen molar-refractivity contribution in [1.82, 2.24) is 0 Å². The van der Waals surface area contributed by atoms with Gasteiger partial charge < -0.3 is 14.7 Å². The van der Waals surface area contributed by atoms with Crippen LogP contribution in [0.1, 0.15) is 152 Å². The zero-order chi connectivity index (χ0) is 51.6. The lowest BCUT2D eigenvalue weighted by Crippen LogP contribution is -2.45. The number of rotatable bonds is 16. The average molecular weight is 1000 g/mol. The van der Waals surface area contributed by atoms with Gasteiger partial charge in [0.05, 0.1) is 35.1 Å². The lowest BCUT2D eigenvalue weighted by atomic mass is 9.88. The lowest BCUT2D eigenvalue weighted by molar-refractivity contribution is -0.156. The van der Waals surface area contributed by atoms with Crippen LogP contribution >= 0.6 is 9.90 Å². The van der Waals surface area contributed by atoms with E-state index in [-0.39, 0.29) is 28.5 Å². The molecule has 73 heavy (non-hydrogen) atoms. The van der Waals surface area contributed by atoms with Gasteiger partial charge in [0.15, 0.2) is 0 Å². The molecule has 0 heterocycles. The number of ether oxygens (including phenoxy) is 1. The summed E-state index contributed by atoms with van der Waals surface area (Å²) in [6, 6.07) is 51.9. The molecule has 3 atom stereocenters. The van der Waals surface area contributed by atoms with Crippen LogP contribution in [0.2, 0.25) is 0 Å². The second kappa shape index (κ2) is 32.4. The largest absolute Gasteiger partial charge is 0.458 e. The molecule has 0 spiro atoms. The number of benzene rings is 5. The van der Waals surface area contributed by atoms with Gasteiger partial charge in [0, 0.05) is 46.4 Å². The number of allylic oxidation sites excluding steroid dienone is 1. The number of hydrogen-bond donors (Lipinski definition) is 1. The maximum absolute atomic E-state index is 12.6. The minimum atomic E-state index is -0.516. The van der Waals surface area contributed by atoms with E-state index < -0.39 is 11.6 Å². The first kappa shape index (κ1) is 59.8. The number of esters is 1. The summed E-state index contributed by atoms with van der Waals surface area (Å²) in [4.78, 5) is 29.9. The first-order chi connectivity index (χ1) is 35.0. The van der Waals surface area contributed by atoms with Crippen molar-refractivity contribution in [3.05, 3.63) is 203 Å². The quantitative estimate of drug-likeness (QED) is 0.0453. The van der Waals surface area contributed by atoms with Crippen LogP contribution in [-0.4, -0.2) is 65.4 Å². The highest BCUT2D eigenvalue weighted by Crippen LogP contribution is 2.37. The van der Waals surface area contributed by atoms with Gasteiger partial charge >= 0.3 is 5.97 Å². The zero-order valence-corrected chi connectivity index (χ0v) is 46.8. The van der Waals surface area contributed by atoms with Crippen molar-refractivity contribution in [2.75, 3.05) is 18.1 Å². The molecular formula is C65H87N4O3P. The standard InChI is InChI=1S/C25H36N2O.C22H27NO2.C15H15N.C3H6.H3P/c1-19-24(26-21(18-28)17-20-11-5-2-6-12-20)25(19)27(22-13-7-3-8-14-22)23-15-9-4-10-16-23;1-5-12-19(21(24)25-22(2,3)4)23-20(17-13-8-6-9-14-17)18-15-10-7-11-16-18;1-2-16-15(13-9-5-3-6-10-13)14-11-7-4-8-12-14;1-3-2;/h2,5-6,11-12,21-23,28H,3-4,7-10,13-18H2,1H3;6-11,13-16,19H,5,12H2,1-4H3;3-12H,2H2,1H3;3H,1H2,2H3;1H3/t;19-;;;/m.0.../s1. The molecular weight excluding hydrogens is 916 g/mol. The predicted octanol–water partition coefficient (Wildman–Crippen LogP) is 14.7. The summed E-state index contributed by atoms with van der Waals surface area (Å²) >= 11 is 0. The molecule has 0 aliphatic heterocycles. The summed E-state index contributed by atoms with van der Waals surface area (Å²) in [5.74, 6) is -0.265. The number of carbonyl (C=O) groups excluding carboxylic acids is 1. The van der Waals surface area contributed by atoms with Gasteiger partial charge in [-0.3, -0.25) is 15.0 Å². The third-order valence-corrected chi connectivity index (χ3v) is 12.9.